The van der Waals surface area contributed by atoms with Gasteiger partial charge in [-0.25, -0.2) is 4.98 Å². The highest BCUT2D eigenvalue weighted by molar-refractivity contribution is 6.31. The van der Waals surface area contributed by atoms with Crippen LogP contribution in [0.5, 0.6) is 0 Å². The number of fused-ring (bicyclic) bond motifs is 3. The molecule has 12 rings (SSSR count). The van der Waals surface area contributed by atoms with Crippen LogP contribution in [0.25, 0.3) is 116 Å². The molecule has 5 heteroatoms. The molecule has 0 saturated carbocycles. The third-order valence-corrected chi connectivity index (χ3v) is 11.9. The average Bonchev–Trinajstić information content (AvgIpc) is 3.65. The molecule has 2 aromatic heterocycles. The summed E-state index contributed by atoms with van der Waals surface area (Å²) < 4.78 is 2.15. The highest BCUT2D eigenvalue weighted by atomic mass is 15.2. The monoisotopic (exact) mass is 749 g/mol. The first kappa shape index (κ1) is 33.0. The summed E-state index contributed by atoms with van der Waals surface area (Å²) in [4.78, 5) is 15.3. The maximum absolute atomic E-state index is 10.4. The van der Waals surface area contributed by atoms with Gasteiger partial charge in [0.25, 0.3) is 0 Å². The number of hydrogen-bond donors (Lipinski definition) is 0. The van der Waals surface area contributed by atoms with E-state index >= 15 is 0 Å². The molecule has 0 fully saturated rings. The van der Waals surface area contributed by atoms with Crippen LogP contribution in [0.4, 0.5) is 0 Å². The summed E-state index contributed by atoms with van der Waals surface area (Å²) in [5.74, 6) is 1.70. The van der Waals surface area contributed by atoms with E-state index in [1.807, 2.05) is 72.8 Å². The third kappa shape index (κ3) is 4.94. The van der Waals surface area contributed by atoms with Crippen molar-refractivity contribution in [3.8, 4) is 57.0 Å². The van der Waals surface area contributed by atoms with Gasteiger partial charge in [0.1, 0.15) is 0 Å². The van der Waals surface area contributed by atoms with E-state index in [-0.39, 0.29) is 0 Å². The van der Waals surface area contributed by atoms with Crippen molar-refractivity contribution in [1.82, 2.24) is 19.5 Å². The van der Waals surface area contributed by atoms with Gasteiger partial charge in [-0.05, 0) is 78.2 Å². The van der Waals surface area contributed by atoms with Gasteiger partial charge in [0, 0.05) is 27.3 Å². The van der Waals surface area contributed by atoms with Crippen molar-refractivity contribution >= 4 is 64.9 Å². The topological polar surface area (TPSA) is 67.4 Å². The smallest absolute Gasteiger partial charge is 0.238 e. The highest BCUT2D eigenvalue weighted by Crippen LogP contribution is 2.49. The van der Waals surface area contributed by atoms with Crippen LogP contribution < -0.4 is 0 Å². The Morgan fingerprint density at radius 2 is 0.847 bits per heavy atom. The lowest BCUT2D eigenvalue weighted by atomic mass is 9.83. The zero-order valence-corrected chi connectivity index (χ0v) is 31.6. The Morgan fingerprint density at radius 1 is 0.373 bits per heavy atom. The van der Waals surface area contributed by atoms with Crippen LogP contribution >= 0.6 is 0 Å². The van der Waals surface area contributed by atoms with Crippen molar-refractivity contribution in [2.24, 2.45) is 0 Å². The minimum absolute atomic E-state index is 0.518. The van der Waals surface area contributed by atoms with E-state index < -0.39 is 0 Å². The van der Waals surface area contributed by atoms with E-state index in [2.05, 4.69) is 126 Å². The first-order valence-electron chi connectivity index (χ1n) is 19.8. The molecule has 0 saturated heterocycles. The predicted molar refractivity (Wildman–Crippen MR) is 242 cm³/mol. The Bertz CT molecular complexity index is 3550. The third-order valence-electron chi connectivity index (χ3n) is 11.9. The lowest BCUT2D eigenvalue weighted by molar-refractivity contribution is 0.954. The number of hydrogen-bond acceptors (Lipinski definition) is 4. The number of nitriles is 1. The van der Waals surface area contributed by atoms with Gasteiger partial charge < -0.3 is 0 Å². The van der Waals surface area contributed by atoms with Crippen LogP contribution in [-0.4, -0.2) is 19.5 Å². The molecule has 2 heterocycles. The Morgan fingerprint density at radius 3 is 1.44 bits per heavy atom. The maximum atomic E-state index is 10.4. The van der Waals surface area contributed by atoms with E-state index in [0.29, 0.717) is 23.2 Å². The van der Waals surface area contributed by atoms with Gasteiger partial charge in [0.15, 0.2) is 11.6 Å². The molecule has 272 valence electrons. The minimum Gasteiger partial charge on any atom is -0.278 e. The number of aromatic nitrogens is 4. The standard InChI is InChI=1S/C54H31N5/c55-32-36-26-30-46-50-38(36)27-28-45-44(29-31-47(51(45)50)59(46)54-57-52(34-15-3-1-4-16-34)56-53(58-54)35-17-5-2-6-18-35)49-42-23-11-9-21-40(42)48(41-22-10-12-24-43(41)49)39-25-13-19-33-14-7-8-20-37(33)39/h1-31H. The zero-order chi connectivity index (χ0) is 39.0. The Hall–Kier alpha value is -8.20. The summed E-state index contributed by atoms with van der Waals surface area (Å²) in [6.07, 6.45) is 0. The highest BCUT2D eigenvalue weighted by Gasteiger charge is 2.25. The first-order chi connectivity index (χ1) is 29.2. The van der Waals surface area contributed by atoms with Gasteiger partial charge in [0.05, 0.1) is 22.7 Å². The van der Waals surface area contributed by atoms with Gasteiger partial charge in [-0.15, -0.1) is 0 Å². The second-order valence-electron chi connectivity index (χ2n) is 15.0. The van der Waals surface area contributed by atoms with Crippen LogP contribution in [0.3, 0.4) is 0 Å². The summed E-state index contributed by atoms with van der Waals surface area (Å²) in [5.41, 5.74) is 9.10. The molecular weight excluding hydrogens is 719 g/mol. The average molecular weight is 750 g/mol. The quantitative estimate of drug-likeness (QED) is 0.130. The Balaban J connectivity index is 1.18. The second kappa shape index (κ2) is 12.9. The van der Waals surface area contributed by atoms with E-state index in [9.17, 15) is 5.26 Å². The first-order valence-corrected chi connectivity index (χ1v) is 19.8. The van der Waals surface area contributed by atoms with Gasteiger partial charge >= 0.3 is 0 Å². The van der Waals surface area contributed by atoms with Crippen molar-refractivity contribution in [2.75, 3.05) is 0 Å². The van der Waals surface area contributed by atoms with Crippen LogP contribution in [-0.2, 0) is 0 Å². The van der Waals surface area contributed by atoms with Crippen molar-refractivity contribution in [3.05, 3.63) is 194 Å². The molecule has 0 spiro atoms. The molecule has 0 aliphatic heterocycles. The summed E-state index contributed by atoms with van der Waals surface area (Å²) in [6, 6.07) is 68.2. The summed E-state index contributed by atoms with van der Waals surface area (Å²) in [6.45, 7) is 0. The normalized spacial score (nSPS) is 11.7. The molecule has 0 unspecified atom stereocenters. The molecule has 12 aromatic rings. The lowest BCUT2D eigenvalue weighted by Crippen LogP contribution is -2.06. The molecule has 0 N–H and O–H groups in total. The second-order valence-corrected chi connectivity index (χ2v) is 15.0. The minimum atomic E-state index is 0.518. The SMILES string of the molecule is N#Cc1ccc2c3c1ccc1c(-c4c5ccccc5c(-c5cccc6ccccc56)c5ccccc45)ccc(c13)n2-c1nc(-c2ccccc2)nc(-c2ccccc2)n1. The fourth-order valence-electron chi connectivity index (χ4n) is 9.34. The molecule has 0 radical (unpaired) electrons. The number of benzene rings is 10. The largest absolute Gasteiger partial charge is 0.278 e. The van der Waals surface area contributed by atoms with Crippen molar-refractivity contribution in [3.63, 3.8) is 0 Å². The Labute approximate surface area is 339 Å². The molecule has 0 amide bonds. The van der Waals surface area contributed by atoms with Crippen LogP contribution in [0.1, 0.15) is 5.56 Å². The van der Waals surface area contributed by atoms with E-state index in [1.54, 1.807) is 0 Å². The molecule has 0 aliphatic carbocycles. The van der Waals surface area contributed by atoms with Crippen molar-refractivity contribution in [2.45, 2.75) is 0 Å². The maximum Gasteiger partial charge on any atom is 0.238 e. The lowest BCUT2D eigenvalue weighted by Gasteiger charge is -2.20. The van der Waals surface area contributed by atoms with E-state index in [0.717, 1.165) is 49.3 Å². The van der Waals surface area contributed by atoms with Crippen molar-refractivity contribution < 1.29 is 0 Å². The van der Waals surface area contributed by atoms with Gasteiger partial charge in [-0.1, -0.05) is 170 Å². The Kier molecular flexibility index (Phi) is 7.22. The summed E-state index contributed by atoms with van der Waals surface area (Å²) >= 11 is 0. The summed E-state index contributed by atoms with van der Waals surface area (Å²) in [5, 5.41) is 21.7. The fourth-order valence-corrected chi connectivity index (χ4v) is 9.34. The molecule has 59 heavy (non-hydrogen) atoms. The molecule has 10 aromatic carbocycles. The molecule has 5 nitrogen and oxygen atoms in total. The molecule has 0 aliphatic rings. The van der Waals surface area contributed by atoms with Crippen LogP contribution in [0.2, 0.25) is 0 Å². The fraction of sp³-hybridized carbons (Fsp3) is 0. The van der Waals surface area contributed by atoms with E-state index in [4.69, 9.17) is 15.0 Å². The van der Waals surface area contributed by atoms with Crippen LogP contribution in [0, 0.1) is 11.3 Å². The molecule has 0 atom stereocenters. The van der Waals surface area contributed by atoms with Crippen LogP contribution in [0.15, 0.2) is 188 Å². The van der Waals surface area contributed by atoms with Gasteiger partial charge in [-0.2, -0.15) is 15.2 Å². The predicted octanol–water partition coefficient (Wildman–Crippen LogP) is 13.6. The molecular formula is C54H31N5. The number of nitrogens with zero attached hydrogens (tertiary/aromatic N) is 5. The summed E-state index contributed by atoms with van der Waals surface area (Å²) in [7, 11) is 0. The van der Waals surface area contributed by atoms with Gasteiger partial charge in [-0.3, -0.25) is 4.57 Å². The van der Waals surface area contributed by atoms with E-state index in [1.165, 1.54) is 49.0 Å². The molecule has 0 bridgehead atoms. The number of rotatable bonds is 5. The van der Waals surface area contributed by atoms with Crippen molar-refractivity contribution in [1.29, 1.82) is 5.26 Å². The zero-order valence-electron chi connectivity index (χ0n) is 31.6. The van der Waals surface area contributed by atoms with Gasteiger partial charge in [0.2, 0.25) is 5.95 Å².